The molecule has 1 heterocycles. The third kappa shape index (κ3) is 2.68. The lowest BCUT2D eigenvalue weighted by Gasteiger charge is -2.25. The molecule has 1 N–H and O–H groups in total. The molecule has 0 amide bonds. The molecule has 5 nitrogen and oxygen atoms in total. The van der Waals surface area contributed by atoms with Crippen LogP contribution in [-0.4, -0.2) is 21.2 Å². The highest BCUT2D eigenvalue weighted by Crippen LogP contribution is 2.37. The molecule has 21 heavy (non-hydrogen) atoms. The zero-order valence-corrected chi connectivity index (χ0v) is 12.0. The second kappa shape index (κ2) is 5.68. The Morgan fingerprint density at radius 3 is 2.81 bits per heavy atom. The summed E-state index contributed by atoms with van der Waals surface area (Å²) in [5.41, 5.74) is 2.00. The van der Waals surface area contributed by atoms with E-state index < -0.39 is 11.9 Å². The molecule has 0 spiro atoms. The van der Waals surface area contributed by atoms with Gasteiger partial charge >= 0.3 is 5.97 Å². The van der Waals surface area contributed by atoms with Crippen molar-refractivity contribution in [3.05, 3.63) is 35.7 Å². The molecule has 2 aromatic rings. The van der Waals surface area contributed by atoms with Crippen LogP contribution in [0, 0.1) is 12.8 Å². The smallest absolute Gasteiger partial charge is 0.307 e. The van der Waals surface area contributed by atoms with Gasteiger partial charge in [-0.25, -0.2) is 0 Å². The molecular formula is C16H18N2O3. The molecule has 1 aliphatic carbocycles. The first-order valence-corrected chi connectivity index (χ1v) is 7.29. The Morgan fingerprint density at radius 1 is 1.29 bits per heavy atom. The molecule has 1 aromatic heterocycles. The minimum Gasteiger partial charge on any atom is -0.481 e. The van der Waals surface area contributed by atoms with Gasteiger partial charge in [0, 0.05) is 5.56 Å². The summed E-state index contributed by atoms with van der Waals surface area (Å²) in [6.45, 7) is 1.99. The SMILES string of the molecule is Cc1ccccc1-c1noc(C2CCCCC2C(=O)O)n1. The summed E-state index contributed by atoms with van der Waals surface area (Å²) in [6, 6.07) is 7.83. The van der Waals surface area contributed by atoms with Crippen molar-refractivity contribution in [2.24, 2.45) is 5.92 Å². The van der Waals surface area contributed by atoms with Crippen molar-refractivity contribution in [1.82, 2.24) is 10.1 Å². The van der Waals surface area contributed by atoms with E-state index in [1.54, 1.807) is 0 Å². The Labute approximate surface area is 123 Å². The van der Waals surface area contributed by atoms with Gasteiger partial charge in [0.1, 0.15) is 0 Å². The predicted octanol–water partition coefficient (Wildman–Crippen LogP) is 3.40. The van der Waals surface area contributed by atoms with Crippen molar-refractivity contribution in [2.75, 3.05) is 0 Å². The van der Waals surface area contributed by atoms with E-state index >= 15 is 0 Å². The lowest BCUT2D eigenvalue weighted by molar-refractivity contribution is -0.143. The van der Waals surface area contributed by atoms with Crippen LogP contribution in [0.2, 0.25) is 0 Å². The fraction of sp³-hybridized carbons (Fsp3) is 0.438. The number of carboxylic acid groups (broad SMARTS) is 1. The van der Waals surface area contributed by atoms with E-state index in [0.29, 0.717) is 18.1 Å². The molecule has 0 aliphatic heterocycles. The molecule has 0 saturated heterocycles. The number of benzene rings is 1. The number of carboxylic acids is 1. The quantitative estimate of drug-likeness (QED) is 0.935. The highest BCUT2D eigenvalue weighted by molar-refractivity contribution is 5.71. The van der Waals surface area contributed by atoms with Crippen LogP contribution in [0.25, 0.3) is 11.4 Å². The Bertz CT molecular complexity index is 650. The third-order valence-corrected chi connectivity index (χ3v) is 4.23. The Hall–Kier alpha value is -2.17. The number of aliphatic carboxylic acids is 1. The predicted molar refractivity (Wildman–Crippen MR) is 76.8 cm³/mol. The van der Waals surface area contributed by atoms with Gasteiger partial charge in [-0.1, -0.05) is 42.3 Å². The first kappa shape index (κ1) is 13.8. The molecule has 1 fully saturated rings. The lowest BCUT2D eigenvalue weighted by Crippen LogP contribution is -2.25. The zero-order chi connectivity index (χ0) is 14.8. The lowest BCUT2D eigenvalue weighted by atomic mass is 9.79. The van der Waals surface area contributed by atoms with Gasteiger partial charge in [0.25, 0.3) is 0 Å². The molecule has 1 saturated carbocycles. The highest BCUT2D eigenvalue weighted by atomic mass is 16.5. The summed E-state index contributed by atoms with van der Waals surface area (Å²) < 4.78 is 5.37. The van der Waals surface area contributed by atoms with E-state index in [9.17, 15) is 9.90 Å². The van der Waals surface area contributed by atoms with Gasteiger partial charge in [-0.2, -0.15) is 4.98 Å². The Kier molecular flexibility index (Phi) is 3.73. The van der Waals surface area contributed by atoms with Gasteiger partial charge in [-0.3, -0.25) is 4.79 Å². The number of nitrogens with zero attached hydrogens (tertiary/aromatic N) is 2. The average molecular weight is 286 g/mol. The van der Waals surface area contributed by atoms with E-state index in [1.807, 2.05) is 31.2 Å². The Balaban J connectivity index is 1.91. The number of aryl methyl sites for hydroxylation is 1. The fourth-order valence-electron chi connectivity index (χ4n) is 3.04. The van der Waals surface area contributed by atoms with Crippen LogP contribution in [0.3, 0.4) is 0 Å². The van der Waals surface area contributed by atoms with Gasteiger partial charge in [0.2, 0.25) is 11.7 Å². The standard InChI is InChI=1S/C16H18N2O3/c1-10-6-2-3-7-11(10)14-17-15(21-18-14)12-8-4-5-9-13(12)16(19)20/h2-3,6-7,12-13H,4-5,8-9H2,1H3,(H,19,20). The first-order chi connectivity index (χ1) is 10.2. The molecule has 3 rings (SSSR count). The number of carbonyl (C=O) groups is 1. The maximum Gasteiger partial charge on any atom is 0.307 e. The maximum absolute atomic E-state index is 11.4. The van der Waals surface area contributed by atoms with E-state index in [2.05, 4.69) is 10.1 Å². The van der Waals surface area contributed by atoms with Crippen LogP contribution in [0.15, 0.2) is 28.8 Å². The van der Waals surface area contributed by atoms with Crippen LogP contribution < -0.4 is 0 Å². The van der Waals surface area contributed by atoms with Crippen LogP contribution in [0.5, 0.6) is 0 Å². The zero-order valence-electron chi connectivity index (χ0n) is 12.0. The number of aromatic nitrogens is 2. The molecule has 2 unspecified atom stereocenters. The molecule has 0 radical (unpaired) electrons. The van der Waals surface area contributed by atoms with E-state index in [0.717, 1.165) is 30.4 Å². The van der Waals surface area contributed by atoms with E-state index in [4.69, 9.17) is 4.52 Å². The monoisotopic (exact) mass is 286 g/mol. The molecule has 1 aliphatic rings. The summed E-state index contributed by atoms with van der Waals surface area (Å²) >= 11 is 0. The second-order valence-corrected chi connectivity index (χ2v) is 5.61. The van der Waals surface area contributed by atoms with Gasteiger partial charge in [-0.05, 0) is 25.3 Å². The van der Waals surface area contributed by atoms with Crippen molar-refractivity contribution < 1.29 is 14.4 Å². The highest BCUT2D eigenvalue weighted by Gasteiger charge is 2.35. The Morgan fingerprint density at radius 2 is 2.05 bits per heavy atom. The topological polar surface area (TPSA) is 76.2 Å². The van der Waals surface area contributed by atoms with Crippen molar-refractivity contribution in [3.63, 3.8) is 0 Å². The van der Waals surface area contributed by atoms with Gasteiger partial charge in [0.15, 0.2) is 0 Å². The summed E-state index contributed by atoms with van der Waals surface area (Å²) in [4.78, 5) is 15.8. The largest absolute Gasteiger partial charge is 0.481 e. The van der Waals surface area contributed by atoms with Crippen molar-refractivity contribution in [2.45, 2.75) is 38.5 Å². The summed E-state index contributed by atoms with van der Waals surface area (Å²) in [5, 5.41) is 13.4. The summed E-state index contributed by atoms with van der Waals surface area (Å²) in [5.74, 6) is -0.348. The van der Waals surface area contributed by atoms with E-state index in [1.165, 1.54) is 0 Å². The number of rotatable bonds is 3. The minimum atomic E-state index is -0.768. The van der Waals surface area contributed by atoms with Crippen molar-refractivity contribution >= 4 is 5.97 Å². The molecule has 5 heteroatoms. The molecule has 1 aromatic carbocycles. The third-order valence-electron chi connectivity index (χ3n) is 4.23. The average Bonchev–Trinajstić information content (AvgIpc) is 2.97. The van der Waals surface area contributed by atoms with Crippen LogP contribution in [0.4, 0.5) is 0 Å². The van der Waals surface area contributed by atoms with Crippen molar-refractivity contribution in [1.29, 1.82) is 0 Å². The normalized spacial score (nSPS) is 22.1. The summed E-state index contributed by atoms with van der Waals surface area (Å²) in [6.07, 6.45) is 3.44. The van der Waals surface area contributed by atoms with E-state index in [-0.39, 0.29) is 5.92 Å². The van der Waals surface area contributed by atoms with Crippen LogP contribution in [0.1, 0.15) is 43.1 Å². The minimum absolute atomic E-state index is 0.165. The number of hydrogen-bond donors (Lipinski definition) is 1. The summed E-state index contributed by atoms with van der Waals surface area (Å²) in [7, 11) is 0. The van der Waals surface area contributed by atoms with Crippen LogP contribution >= 0.6 is 0 Å². The molecule has 0 bridgehead atoms. The van der Waals surface area contributed by atoms with Crippen LogP contribution in [-0.2, 0) is 4.79 Å². The van der Waals surface area contributed by atoms with Gasteiger partial charge in [-0.15, -0.1) is 0 Å². The number of hydrogen-bond acceptors (Lipinski definition) is 4. The van der Waals surface area contributed by atoms with Crippen molar-refractivity contribution in [3.8, 4) is 11.4 Å². The maximum atomic E-state index is 11.4. The molecule has 2 atom stereocenters. The molecule has 110 valence electrons. The fourth-order valence-corrected chi connectivity index (χ4v) is 3.04. The van der Waals surface area contributed by atoms with Gasteiger partial charge < -0.3 is 9.63 Å². The first-order valence-electron chi connectivity index (χ1n) is 7.29. The molecular weight excluding hydrogens is 268 g/mol. The van der Waals surface area contributed by atoms with Gasteiger partial charge in [0.05, 0.1) is 11.8 Å². The second-order valence-electron chi connectivity index (χ2n) is 5.61.